The van der Waals surface area contributed by atoms with Crippen LogP contribution < -0.4 is 0 Å². The van der Waals surface area contributed by atoms with Crippen molar-refractivity contribution in [1.29, 1.82) is 0 Å². The molecule has 2 aliphatic rings. The van der Waals surface area contributed by atoms with Crippen LogP contribution in [-0.4, -0.2) is 41.2 Å². The molecule has 4 rings (SSSR count). The second kappa shape index (κ2) is 7.50. The lowest BCUT2D eigenvalue weighted by Crippen LogP contribution is -2.41. The minimum atomic E-state index is -0.569. The first-order valence-electron chi connectivity index (χ1n) is 9.15. The Morgan fingerprint density at radius 1 is 1.07 bits per heavy atom. The lowest BCUT2D eigenvalue weighted by Gasteiger charge is -2.27. The van der Waals surface area contributed by atoms with E-state index in [1.807, 2.05) is 72.7 Å². The largest absolute Gasteiger partial charge is 0.447 e. The van der Waals surface area contributed by atoms with Crippen molar-refractivity contribution in [3.63, 3.8) is 0 Å². The van der Waals surface area contributed by atoms with E-state index in [9.17, 15) is 9.59 Å². The van der Waals surface area contributed by atoms with Gasteiger partial charge in [-0.1, -0.05) is 60.7 Å². The minimum Gasteiger partial charge on any atom is -0.447 e. The number of carbonyl (C=O) groups is 2. The molecule has 0 bridgehead atoms. The molecule has 0 N–H and O–H groups in total. The Bertz CT molecular complexity index is 811. The summed E-state index contributed by atoms with van der Waals surface area (Å²) < 4.78 is 4.96. The summed E-state index contributed by atoms with van der Waals surface area (Å²) >= 11 is 0. The first-order valence-corrected chi connectivity index (χ1v) is 9.15. The number of hydrogen-bond donors (Lipinski definition) is 0. The molecule has 2 fully saturated rings. The van der Waals surface area contributed by atoms with E-state index >= 15 is 0 Å². The van der Waals surface area contributed by atoms with Gasteiger partial charge in [0, 0.05) is 6.54 Å². The van der Waals surface area contributed by atoms with Gasteiger partial charge in [-0.3, -0.25) is 9.63 Å². The third kappa shape index (κ3) is 3.46. The molecule has 3 atom stereocenters. The SMILES string of the molecule is C[C@H]1ON(Cc2ccccc2)[C@@H](c2ccccc2)[C@@H]1C(=O)N1CCOC1=O. The number of cyclic esters (lactones) is 1. The number of rotatable bonds is 4. The molecule has 2 aromatic carbocycles. The van der Waals surface area contributed by atoms with Gasteiger partial charge in [0.25, 0.3) is 0 Å². The van der Waals surface area contributed by atoms with Crippen molar-refractivity contribution < 1.29 is 19.2 Å². The van der Waals surface area contributed by atoms with Gasteiger partial charge in [0.2, 0.25) is 5.91 Å². The Morgan fingerprint density at radius 3 is 2.37 bits per heavy atom. The summed E-state index contributed by atoms with van der Waals surface area (Å²) in [5.41, 5.74) is 2.09. The van der Waals surface area contributed by atoms with Crippen LogP contribution in [0.1, 0.15) is 24.1 Å². The van der Waals surface area contributed by atoms with E-state index in [0.717, 1.165) is 11.1 Å². The van der Waals surface area contributed by atoms with E-state index in [1.165, 1.54) is 4.90 Å². The van der Waals surface area contributed by atoms with E-state index in [4.69, 9.17) is 9.57 Å². The quantitative estimate of drug-likeness (QED) is 0.832. The maximum absolute atomic E-state index is 13.2. The number of ether oxygens (including phenoxy) is 1. The van der Waals surface area contributed by atoms with Crippen LogP contribution in [0.3, 0.4) is 0 Å². The standard InChI is InChI=1S/C21H22N2O4/c1-15-18(20(24)22-12-13-26-21(22)25)19(17-10-6-3-7-11-17)23(27-15)14-16-8-4-2-5-9-16/h2-11,15,18-19H,12-14H2,1H3/t15-,18-,19+/m1/s1. The summed E-state index contributed by atoms with van der Waals surface area (Å²) in [5, 5.41) is 1.86. The number of imide groups is 1. The molecule has 6 heteroatoms. The summed E-state index contributed by atoms with van der Waals surface area (Å²) in [4.78, 5) is 32.4. The molecule has 0 spiro atoms. The van der Waals surface area contributed by atoms with Gasteiger partial charge in [0.05, 0.1) is 24.6 Å². The number of amides is 2. The van der Waals surface area contributed by atoms with Crippen molar-refractivity contribution >= 4 is 12.0 Å². The van der Waals surface area contributed by atoms with Crippen LogP contribution in [0.4, 0.5) is 4.79 Å². The van der Waals surface area contributed by atoms with E-state index in [2.05, 4.69) is 0 Å². The number of benzene rings is 2. The molecule has 0 unspecified atom stereocenters. The number of nitrogens with zero attached hydrogens (tertiary/aromatic N) is 2. The number of hydrogen-bond acceptors (Lipinski definition) is 5. The Kier molecular flexibility index (Phi) is 4.92. The van der Waals surface area contributed by atoms with Gasteiger partial charge < -0.3 is 4.74 Å². The lowest BCUT2D eigenvalue weighted by atomic mass is 9.88. The minimum absolute atomic E-state index is 0.241. The molecule has 0 radical (unpaired) electrons. The second-order valence-corrected chi connectivity index (χ2v) is 6.86. The van der Waals surface area contributed by atoms with Crippen LogP contribution in [0, 0.1) is 5.92 Å². The first kappa shape index (κ1) is 17.7. The van der Waals surface area contributed by atoms with Gasteiger partial charge in [0.15, 0.2) is 0 Å². The number of carbonyl (C=O) groups excluding carboxylic acids is 2. The van der Waals surface area contributed by atoms with Crippen LogP contribution >= 0.6 is 0 Å². The Hall–Kier alpha value is -2.70. The highest BCUT2D eigenvalue weighted by atomic mass is 16.7. The Morgan fingerprint density at radius 2 is 1.74 bits per heavy atom. The molecular formula is C21H22N2O4. The number of hydroxylamine groups is 2. The van der Waals surface area contributed by atoms with Gasteiger partial charge >= 0.3 is 6.09 Å². The van der Waals surface area contributed by atoms with Crippen molar-refractivity contribution in [2.45, 2.75) is 25.6 Å². The fourth-order valence-corrected chi connectivity index (χ4v) is 3.81. The smallest absolute Gasteiger partial charge is 0.416 e. The van der Waals surface area contributed by atoms with Crippen LogP contribution in [0.15, 0.2) is 60.7 Å². The molecule has 2 aliphatic heterocycles. The molecule has 0 aromatic heterocycles. The van der Waals surface area contributed by atoms with E-state index in [0.29, 0.717) is 13.1 Å². The summed E-state index contributed by atoms with van der Waals surface area (Å²) in [5.74, 6) is -0.726. The maximum Gasteiger partial charge on any atom is 0.416 e. The van der Waals surface area contributed by atoms with Gasteiger partial charge in [-0.15, -0.1) is 0 Å². The highest BCUT2D eigenvalue weighted by molar-refractivity contribution is 5.95. The Labute approximate surface area is 158 Å². The summed E-state index contributed by atoms with van der Waals surface area (Å²) in [6.07, 6.45) is -0.916. The van der Waals surface area contributed by atoms with Gasteiger partial charge in [-0.05, 0) is 18.1 Å². The van der Waals surface area contributed by atoms with Crippen molar-refractivity contribution in [2.24, 2.45) is 5.92 Å². The molecule has 2 saturated heterocycles. The molecule has 0 aliphatic carbocycles. The molecule has 2 amide bonds. The van der Waals surface area contributed by atoms with E-state index in [-0.39, 0.29) is 24.7 Å². The predicted molar refractivity (Wildman–Crippen MR) is 98.3 cm³/mol. The first-order chi connectivity index (χ1) is 13.1. The van der Waals surface area contributed by atoms with E-state index < -0.39 is 12.0 Å². The zero-order valence-electron chi connectivity index (χ0n) is 15.2. The van der Waals surface area contributed by atoms with Crippen LogP contribution in [0.5, 0.6) is 0 Å². The third-order valence-electron chi connectivity index (χ3n) is 5.09. The van der Waals surface area contributed by atoms with E-state index in [1.54, 1.807) is 0 Å². The van der Waals surface area contributed by atoms with Crippen molar-refractivity contribution in [3.8, 4) is 0 Å². The van der Waals surface area contributed by atoms with Crippen molar-refractivity contribution in [3.05, 3.63) is 71.8 Å². The molecule has 27 heavy (non-hydrogen) atoms. The third-order valence-corrected chi connectivity index (χ3v) is 5.09. The molecule has 140 valence electrons. The average molecular weight is 366 g/mol. The van der Waals surface area contributed by atoms with Crippen LogP contribution in [0.2, 0.25) is 0 Å². The van der Waals surface area contributed by atoms with Crippen LogP contribution in [0.25, 0.3) is 0 Å². The fourth-order valence-electron chi connectivity index (χ4n) is 3.81. The summed E-state index contributed by atoms with van der Waals surface area (Å²) in [6, 6.07) is 19.5. The van der Waals surface area contributed by atoms with Crippen LogP contribution in [-0.2, 0) is 20.9 Å². The van der Waals surface area contributed by atoms with Crippen molar-refractivity contribution in [2.75, 3.05) is 13.2 Å². The highest BCUT2D eigenvalue weighted by Gasteiger charge is 2.49. The lowest BCUT2D eigenvalue weighted by molar-refractivity contribution is -0.166. The average Bonchev–Trinajstić information content (AvgIpc) is 3.25. The van der Waals surface area contributed by atoms with Gasteiger partial charge in [-0.25, -0.2) is 9.69 Å². The van der Waals surface area contributed by atoms with Gasteiger partial charge in [0.1, 0.15) is 6.61 Å². The fraction of sp³-hybridized carbons (Fsp3) is 0.333. The molecule has 0 saturated carbocycles. The maximum atomic E-state index is 13.2. The molecular weight excluding hydrogens is 344 g/mol. The monoisotopic (exact) mass is 366 g/mol. The predicted octanol–water partition coefficient (Wildman–Crippen LogP) is 3.16. The second-order valence-electron chi connectivity index (χ2n) is 6.86. The molecule has 6 nitrogen and oxygen atoms in total. The molecule has 2 aromatic rings. The summed E-state index contributed by atoms with van der Waals surface area (Å²) in [7, 11) is 0. The zero-order chi connectivity index (χ0) is 18.8. The van der Waals surface area contributed by atoms with Gasteiger partial charge in [-0.2, -0.15) is 5.06 Å². The topological polar surface area (TPSA) is 59.1 Å². The zero-order valence-corrected chi connectivity index (χ0v) is 15.2. The Balaban J connectivity index is 1.66. The molecule has 2 heterocycles. The highest BCUT2D eigenvalue weighted by Crippen LogP contribution is 2.41. The van der Waals surface area contributed by atoms with Crippen molar-refractivity contribution in [1.82, 2.24) is 9.96 Å². The summed E-state index contributed by atoms with van der Waals surface area (Å²) in [6.45, 7) is 2.97. The normalized spacial score (nSPS) is 25.6.